The number of hydrogen-bond acceptors (Lipinski definition) is 4. The van der Waals surface area contributed by atoms with Crippen molar-refractivity contribution in [3.05, 3.63) is 28.7 Å². The normalized spacial score (nSPS) is 12.4. The molecule has 0 bridgehead atoms. The Morgan fingerprint density at radius 1 is 1.23 bits per heavy atom. The first kappa shape index (κ1) is 22.9. The lowest BCUT2D eigenvalue weighted by Gasteiger charge is -2.12. The molecule has 0 heterocycles. The Bertz CT molecular complexity index is 646. The molecule has 2 N–H and O–H groups in total. The average Bonchev–Trinajstić information content (AvgIpc) is 2.58. The fourth-order valence-electron chi connectivity index (χ4n) is 2.08. The number of nitrogens with one attached hydrogen (secondary N) is 2. The fourth-order valence-corrected chi connectivity index (χ4v) is 3.50. The number of hydrogen-bond donors (Lipinski definition) is 2. The maximum atomic E-state index is 12.3. The lowest BCUT2D eigenvalue weighted by molar-refractivity contribution is 0.109. The second-order valence-electron chi connectivity index (χ2n) is 6.28. The number of nitrogens with zero attached hydrogens (tertiary/aromatic N) is 1. The first-order chi connectivity index (χ1) is 12.3. The van der Waals surface area contributed by atoms with E-state index in [9.17, 15) is 8.42 Å². The van der Waals surface area contributed by atoms with Crippen molar-refractivity contribution in [1.29, 1.82) is 0 Å². The largest absolute Gasteiger partial charge is 0.381 e. The van der Waals surface area contributed by atoms with Gasteiger partial charge in [0.25, 0.3) is 0 Å². The summed E-state index contributed by atoms with van der Waals surface area (Å²) in [6.45, 7) is 9.30. The van der Waals surface area contributed by atoms with Crippen LogP contribution in [0.5, 0.6) is 0 Å². The van der Waals surface area contributed by atoms with Crippen molar-refractivity contribution in [2.75, 3.05) is 38.6 Å². The standard InChI is InChI=1S/C18H30BrN3O3S/c1-4-20-18(21-10-5-12-25-14-15(2)3)22-11-13-26(23,24)17-8-6-16(19)7-9-17/h6-9,15H,4-5,10-14H2,1-3H3,(H2,20,21,22). The van der Waals surface area contributed by atoms with Crippen LogP contribution in [0.4, 0.5) is 0 Å². The highest BCUT2D eigenvalue weighted by Crippen LogP contribution is 2.15. The second kappa shape index (κ2) is 12.3. The minimum atomic E-state index is -3.31. The van der Waals surface area contributed by atoms with E-state index in [-0.39, 0.29) is 5.75 Å². The minimum Gasteiger partial charge on any atom is -0.381 e. The molecule has 0 spiro atoms. The summed E-state index contributed by atoms with van der Waals surface area (Å²) < 4.78 is 31.1. The number of sulfone groups is 1. The SMILES string of the molecule is CCNC(=NCCCOCC(C)C)NCCS(=O)(=O)c1ccc(Br)cc1. The van der Waals surface area contributed by atoms with Crippen molar-refractivity contribution >= 4 is 31.7 Å². The predicted octanol–water partition coefficient (Wildman–Crippen LogP) is 2.84. The Morgan fingerprint density at radius 2 is 1.92 bits per heavy atom. The van der Waals surface area contributed by atoms with Crippen LogP contribution in [-0.4, -0.2) is 53.0 Å². The zero-order valence-corrected chi connectivity index (χ0v) is 18.2. The molecule has 0 aliphatic heterocycles. The summed E-state index contributed by atoms with van der Waals surface area (Å²) in [7, 11) is -3.31. The smallest absolute Gasteiger partial charge is 0.191 e. The average molecular weight is 448 g/mol. The van der Waals surface area contributed by atoms with Crippen LogP contribution in [0.1, 0.15) is 27.2 Å². The van der Waals surface area contributed by atoms with Crippen molar-refractivity contribution in [2.45, 2.75) is 32.1 Å². The van der Waals surface area contributed by atoms with Gasteiger partial charge in [-0.3, -0.25) is 4.99 Å². The third-order valence-electron chi connectivity index (χ3n) is 3.35. The lowest BCUT2D eigenvalue weighted by atomic mass is 10.2. The van der Waals surface area contributed by atoms with Gasteiger partial charge in [-0.25, -0.2) is 8.42 Å². The zero-order valence-electron chi connectivity index (χ0n) is 15.8. The van der Waals surface area contributed by atoms with Gasteiger partial charge >= 0.3 is 0 Å². The summed E-state index contributed by atoms with van der Waals surface area (Å²) in [5, 5.41) is 6.20. The van der Waals surface area contributed by atoms with Gasteiger partial charge in [-0.2, -0.15) is 0 Å². The molecule has 26 heavy (non-hydrogen) atoms. The molecule has 0 atom stereocenters. The molecular weight excluding hydrogens is 418 g/mol. The molecule has 0 saturated heterocycles. The van der Waals surface area contributed by atoms with Gasteiger partial charge in [0.1, 0.15) is 0 Å². The maximum Gasteiger partial charge on any atom is 0.191 e. The van der Waals surface area contributed by atoms with E-state index >= 15 is 0 Å². The molecule has 148 valence electrons. The molecular formula is C18H30BrN3O3S. The van der Waals surface area contributed by atoms with Gasteiger partial charge in [-0.1, -0.05) is 29.8 Å². The van der Waals surface area contributed by atoms with E-state index in [1.807, 2.05) is 6.92 Å². The van der Waals surface area contributed by atoms with Gasteiger partial charge in [0.2, 0.25) is 0 Å². The molecule has 1 aromatic rings. The highest BCUT2D eigenvalue weighted by atomic mass is 79.9. The lowest BCUT2D eigenvalue weighted by Crippen LogP contribution is -2.39. The topological polar surface area (TPSA) is 79.8 Å². The van der Waals surface area contributed by atoms with Crippen molar-refractivity contribution in [3.8, 4) is 0 Å². The van der Waals surface area contributed by atoms with Crippen molar-refractivity contribution in [1.82, 2.24) is 10.6 Å². The molecule has 0 fully saturated rings. The Hall–Kier alpha value is -1.12. The molecule has 0 aliphatic carbocycles. The van der Waals surface area contributed by atoms with E-state index in [1.165, 1.54) is 0 Å². The van der Waals surface area contributed by atoms with E-state index in [0.29, 0.717) is 36.5 Å². The zero-order chi connectivity index (χ0) is 19.4. The molecule has 0 aromatic heterocycles. The van der Waals surface area contributed by atoms with Crippen LogP contribution in [0.25, 0.3) is 0 Å². The minimum absolute atomic E-state index is 0.0105. The van der Waals surface area contributed by atoms with Gasteiger partial charge in [0.15, 0.2) is 15.8 Å². The molecule has 1 rings (SSSR count). The molecule has 0 unspecified atom stereocenters. The second-order valence-corrected chi connectivity index (χ2v) is 9.31. The number of rotatable bonds is 11. The van der Waals surface area contributed by atoms with E-state index in [4.69, 9.17) is 4.74 Å². The van der Waals surface area contributed by atoms with E-state index < -0.39 is 9.84 Å². The van der Waals surface area contributed by atoms with E-state index in [0.717, 1.165) is 24.0 Å². The number of ether oxygens (including phenoxy) is 1. The number of benzene rings is 1. The third-order valence-corrected chi connectivity index (χ3v) is 5.61. The molecule has 1 aromatic carbocycles. The Morgan fingerprint density at radius 3 is 2.54 bits per heavy atom. The van der Waals surface area contributed by atoms with Crippen LogP contribution in [-0.2, 0) is 14.6 Å². The summed E-state index contributed by atoms with van der Waals surface area (Å²) >= 11 is 3.31. The molecule has 0 radical (unpaired) electrons. The highest BCUT2D eigenvalue weighted by Gasteiger charge is 2.14. The van der Waals surface area contributed by atoms with Gasteiger partial charge in [-0.05, 0) is 43.5 Å². The summed E-state index contributed by atoms with van der Waals surface area (Å²) in [6, 6.07) is 6.67. The quantitative estimate of drug-likeness (QED) is 0.309. The summed E-state index contributed by atoms with van der Waals surface area (Å²) in [5.74, 6) is 1.17. The highest BCUT2D eigenvalue weighted by molar-refractivity contribution is 9.10. The van der Waals surface area contributed by atoms with Crippen molar-refractivity contribution in [2.24, 2.45) is 10.9 Å². The Balaban J connectivity index is 2.42. The first-order valence-corrected chi connectivity index (χ1v) is 11.4. The monoisotopic (exact) mass is 447 g/mol. The van der Waals surface area contributed by atoms with Crippen LogP contribution in [0.15, 0.2) is 38.6 Å². The first-order valence-electron chi connectivity index (χ1n) is 8.93. The number of guanidine groups is 1. The summed E-state index contributed by atoms with van der Waals surface area (Å²) in [5.41, 5.74) is 0. The van der Waals surface area contributed by atoms with Crippen LogP contribution in [0, 0.1) is 5.92 Å². The molecule has 0 aliphatic rings. The van der Waals surface area contributed by atoms with Crippen molar-refractivity contribution in [3.63, 3.8) is 0 Å². The Labute approximate surface area is 165 Å². The molecule has 0 saturated carbocycles. The maximum absolute atomic E-state index is 12.3. The summed E-state index contributed by atoms with van der Waals surface area (Å²) in [4.78, 5) is 4.77. The number of aliphatic imine (C=N–C) groups is 1. The molecule has 6 nitrogen and oxygen atoms in total. The van der Waals surface area contributed by atoms with E-state index in [1.54, 1.807) is 24.3 Å². The van der Waals surface area contributed by atoms with Crippen LogP contribution in [0.3, 0.4) is 0 Å². The third kappa shape index (κ3) is 9.54. The molecule has 8 heteroatoms. The number of halogens is 1. The van der Waals surface area contributed by atoms with Gasteiger partial charge in [0.05, 0.1) is 10.6 Å². The van der Waals surface area contributed by atoms with Crippen LogP contribution in [0.2, 0.25) is 0 Å². The fraction of sp³-hybridized carbons (Fsp3) is 0.611. The van der Waals surface area contributed by atoms with Crippen LogP contribution < -0.4 is 10.6 Å². The molecule has 0 amide bonds. The van der Waals surface area contributed by atoms with Crippen molar-refractivity contribution < 1.29 is 13.2 Å². The summed E-state index contributed by atoms with van der Waals surface area (Å²) in [6.07, 6.45) is 0.834. The van der Waals surface area contributed by atoms with Crippen LogP contribution >= 0.6 is 15.9 Å². The predicted molar refractivity (Wildman–Crippen MR) is 110 cm³/mol. The van der Waals surface area contributed by atoms with Gasteiger partial charge in [-0.15, -0.1) is 0 Å². The van der Waals surface area contributed by atoms with E-state index in [2.05, 4.69) is 45.4 Å². The van der Waals surface area contributed by atoms with Gasteiger partial charge in [0, 0.05) is 37.3 Å². The van der Waals surface area contributed by atoms with Gasteiger partial charge < -0.3 is 15.4 Å². The Kier molecular flexibility index (Phi) is 10.8.